The quantitative estimate of drug-likeness (QED) is 0.294. The van der Waals surface area contributed by atoms with Gasteiger partial charge in [-0.25, -0.2) is 0 Å². The van der Waals surface area contributed by atoms with Gasteiger partial charge < -0.3 is 0 Å². The minimum Gasteiger partial charge on any atom is -0.124 e. The predicted molar refractivity (Wildman–Crippen MR) is 103 cm³/mol. The smallest absolute Gasteiger partial charge is 0.0279 e. The Morgan fingerprint density at radius 3 is 1.50 bits per heavy atom. The number of hydrogen-bond donors (Lipinski definition) is 0. The van der Waals surface area contributed by atoms with Crippen molar-refractivity contribution in [2.45, 2.75) is 91.4 Å². The molecule has 0 amide bonds. The van der Waals surface area contributed by atoms with Gasteiger partial charge in [-0.05, 0) is 18.4 Å². The Kier molecular flexibility index (Phi) is 23.1. The van der Waals surface area contributed by atoms with E-state index in [9.17, 15) is 0 Å². The van der Waals surface area contributed by atoms with Gasteiger partial charge >= 0.3 is 0 Å². The lowest BCUT2D eigenvalue weighted by Crippen LogP contribution is -1.86. The molecular weight excluding hydrogens is 264 g/mol. The highest BCUT2D eigenvalue weighted by molar-refractivity contribution is 5.14. The third-order valence-electron chi connectivity index (χ3n) is 3.66. The van der Waals surface area contributed by atoms with Gasteiger partial charge in [-0.15, -0.1) is 12.8 Å². The molecule has 0 aliphatic heterocycles. The molecule has 0 heteroatoms. The van der Waals surface area contributed by atoms with Crippen molar-refractivity contribution in [3.05, 3.63) is 35.9 Å². The summed E-state index contributed by atoms with van der Waals surface area (Å²) in [6.07, 6.45) is 23.5. The van der Waals surface area contributed by atoms with Gasteiger partial charge in [0.2, 0.25) is 0 Å². The maximum absolute atomic E-state index is 4.00. The Balaban J connectivity index is 0. The minimum absolute atomic E-state index is 1.26. The highest BCUT2D eigenvalue weighted by atomic mass is 14.0. The van der Waals surface area contributed by atoms with E-state index in [-0.39, 0.29) is 0 Å². The zero-order valence-electron chi connectivity index (χ0n) is 15.3. The molecule has 0 atom stereocenters. The van der Waals surface area contributed by atoms with Gasteiger partial charge in [-0.2, -0.15) is 0 Å². The van der Waals surface area contributed by atoms with E-state index in [2.05, 4.69) is 50.1 Å². The molecule has 0 N–H and O–H groups in total. The zero-order chi connectivity index (χ0) is 16.9. The average Bonchev–Trinajstić information content (AvgIpc) is 2.61. The Labute approximate surface area is 140 Å². The van der Waals surface area contributed by atoms with Gasteiger partial charge in [0, 0.05) is 0 Å². The van der Waals surface area contributed by atoms with Crippen molar-refractivity contribution in [2.24, 2.45) is 0 Å². The molecule has 0 saturated carbocycles. The van der Waals surface area contributed by atoms with Crippen LogP contribution >= 0.6 is 0 Å². The lowest BCUT2D eigenvalue weighted by molar-refractivity contribution is 0.556. The molecule has 0 unspecified atom stereocenters. The van der Waals surface area contributed by atoms with Crippen LogP contribution < -0.4 is 0 Å². The van der Waals surface area contributed by atoms with Gasteiger partial charge in [0.05, 0.1) is 0 Å². The SMILES string of the molecule is C#C.CC.CCCCCCCCCCCCc1ccccc1. The minimum atomic E-state index is 1.26. The summed E-state index contributed by atoms with van der Waals surface area (Å²) in [7, 11) is 0. The molecule has 0 fully saturated rings. The van der Waals surface area contributed by atoms with Crippen LogP contribution in [-0.2, 0) is 6.42 Å². The molecule has 0 aromatic heterocycles. The maximum Gasteiger partial charge on any atom is -0.0279 e. The van der Waals surface area contributed by atoms with Crippen molar-refractivity contribution in [3.8, 4) is 12.8 Å². The summed E-state index contributed by atoms with van der Waals surface area (Å²) in [5.41, 5.74) is 1.50. The van der Waals surface area contributed by atoms with Gasteiger partial charge in [0.15, 0.2) is 0 Å². The van der Waals surface area contributed by atoms with Gasteiger partial charge in [0.1, 0.15) is 0 Å². The fourth-order valence-corrected chi connectivity index (χ4v) is 2.46. The summed E-state index contributed by atoms with van der Waals surface area (Å²) >= 11 is 0. The van der Waals surface area contributed by atoms with Crippen molar-refractivity contribution in [2.75, 3.05) is 0 Å². The topological polar surface area (TPSA) is 0 Å². The van der Waals surface area contributed by atoms with Crippen LogP contribution in [-0.4, -0.2) is 0 Å². The Bertz CT molecular complexity index is 296. The van der Waals surface area contributed by atoms with E-state index >= 15 is 0 Å². The average molecular weight is 303 g/mol. The fourth-order valence-electron chi connectivity index (χ4n) is 2.46. The van der Waals surface area contributed by atoms with Crippen LogP contribution in [0.25, 0.3) is 0 Å². The van der Waals surface area contributed by atoms with E-state index in [0.29, 0.717) is 0 Å². The number of terminal acetylenes is 1. The second kappa shape index (κ2) is 22.1. The maximum atomic E-state index is 4.00. The molecule has 0 spiro atoms. The molecule has 1 rings (SSSR count). The van der Waals surface area contributed by atoms with Gasteiger partial charge in [-0.1, -0.05) is 109 Å². The van der Waals surface area contributed by atoms with E-state index in [1.807, 2.05) is 13.8 Å². The second-order valence-electron chi connectivity index (χ2n) is 5.42. The molecule has 0 aliphatic rings. The lowest BCUT2D eigenvalue weighted by atomic mass is 10.0. The van der Waals surface area contributed by atoms with Crippen LogP contribution in [0.1, 0.15) is 90.5 Å². The highest BCUT2D eigenvalue weighted by Gasteiger charge is 1.94. The van der Waals surface area contributed by atoms with Crippen LogP contribution in [0.2, 0.25) is 0 Å². The summed E-state index contributed by atoms with van der Waals surface area (Å²) < 4.78 is 0. The predicted octanol–water partition coefficient (Wildman–Crippen LogP) is 7.43. The van der Waals surface area contributed by atoms with Gasteiger partial charge in [0.25, 0.3) is 0 Å². The van der Waals surface area contributed by atoms with Crippen molar-refractivity contribution < 1.29 is 0 Å². The highest BCUT2D eigenvalue weighted by Crippen LogP contribution is 2.12. The van der Waals surface area contributed by atoms with Crippen molar-refractivity contribution >= 4 is 0 Å². The molecule has 1 aromatic carbocycles. The molecule has 0 heterocycles. The van der Waals surface area contributed by atoms with Gasteiger partial charge in [-0.3, -0.25) is 0 Å². The van der Waals surface area contributed by atoms with Crippen LogP contribution in [0.5, 0.6) is 0 Å². The molecule has 22 heavy (non-hydrogen) atoms. The summed E-state index contributed by atoms with van der Waals surface area (Å²) in [6, 6.07) is 10.9. The summed E-state index contributed by atoms with van der Waals surface area (Å²) in [4.78, 5) is 0. The number of unbranched alkanes of at least 4 members (excludes halogenated alkanes) is 9. The van der Waals surface area contributed by atoms with E-state index < -0.39 is 0 Å². The molecule has 0 saturated heterocycles. The normalized spacial score (nSPS) is 9.14. The van der Waals surface area contributed by atoms with E-state index in [4.69, 9.17) is 0 Å². The van der Waals surface area contributed by atoms with Crippen molar-refractivity contribution in [1.29, 1.82) is 0 Å². The third-order valence-corrected chi connectivity index (χ3v) is 3.66. The number of aryl methyl sites for hydroxylation is 1. The Hall–Kier alpha value is -1.22. The molecule has 0 radical (unpaired) electrons. The monoisotopic (exact) mass is 302 g/mol. The number of hydrogen-bond acceptors (Lipinski definition) is 0. The van der Waals surface area contributed by atoms with E-state index in [0.717, 1.165) is 0 Å². The first kappa shape index (κ1) is 23.1. The first-order chi connectivity index (χ1) is 10.9. The largest absolute Gasteiger partial charge is 0.124 e. The molecule has 0 nitrogen and oxygen atoms in total. The fraction of sp³-hybridized carbons (Fsp3) is 0.636. The molecule has 0 aliphatic carbocycles. The Morgan fingerprint density at radius 1 is 0.636 bits per heavy atom. The summed E-state index contributed by atoms with van der Waals surface area (Å²) in [5, 5.41) is 0. The molecule has 0 bridgehead atoms. The third kappa shape index (κ3) is 16.8. The van der Waals surface area contributed by atoms with E-state index in [1.165, 1.54) is 76.2 Å². The first-order valence-electron chi connectivity index (χ1n) is 9.30. The molecule has 126 valence electrons. The summed E-state index contributed by atoms with van der Waals surface area (Å²) in [6.45, 7) is 6.28. The Morgan fingerprint density at radius 2 is 1.05 bits per heavy atom. The van der Waals surface area contributed by atoms with Crippen LogP contribution in [0.3, 0.4) is 0 Å². The second-order valence-corrected chi connectivity index (χ2v) is 5.42. The van der Waals surface area contributed by atoms with Crippen LogP contribution in [0.4, 0.5) is 0 Å². The first-order valence-corrected chi connectivity index (χ1v) is 9.30. The molecule has 1 aromatic rings. The number of benzene rings is 1. The number of rotatable bonds is 11. The zero-order valence-corrected chi connectivity index (χ0v) is 15.3. The van der Waals surface area contributed by atoms with Crippen LogP contribution in [0.15, 0.2) is 30.3 Å². The van der Waals surface area contributed by atoms with Crippen molar-refractivity contribution in [3.63, 3.8) is 0 Å². The lowest BCUT2D eigenvalue weighted by Gasteiger charge is -2.03. The molecular formula is C22H38. The van der Waals surface area contributed by atoms with Crippen molar-refractivity contribution in [1.82, 2.24) is 0 Å². The van der Waals surface area contributed by atoms with Crippen LogP contribution in [0, 0.1) is 12.8 Å². The van der Waals surface area contributed by atoms with E-state index in [1.54, 1.807) is 0 Å². The standard InChI is InChI=1S/C18H30.C2H6.C2H2/c1-2-3-4-5-6-7-8-9-10-12-15-18-16-13-11-14-17-18;2*1-2/h11,13-14,16-17H,2-10,12,15H2,1H3;1-2H3;1-2H. The summed E-state index contributed by atoms with van der Waals surface area (Å²) in [5.74, 6) is 0.